The second kappa shape index (κ2) is 11.0. The molecule has 2 bridgehead atoms. The van der Waals surface area contributed by atoms with Gasteiger partial charge in [0, 0.05) is 18.9 Å². The van der Waals surface area contributed by atoms with Crippen molar-refractivity contribution in [1.82, 2.24) is 5.32 Å². The maximum Gasteiger partial charge on any atom is 0.407 e. The Kier molecular flexibility index (Phi) is 8.11. The molecular formula is C23H31NO5. The van der Waals surface area contributed by atoms with Crippen LogP contribution in [0.5, 0.6) is 0 Å². The number of nitrogens with one attached hydrogen (secondary N) is 1. The van der Waals surface area contributed by atoms with Crippen LogP contribution in [0, 0.1) is 11.8 Å². The van der Waals surface area contributed by atoms with Gasteiger partial charge < -0.3 is 19.9 Å². The van der Waals surface area contributed by atoms with Crippen LogP contribution >= 0.6 is 0 Å². The van der Waals surface area contributed by atoms with E-state index in [1.165, 1.54) is 5.56 Å². The van der Waals surface area contributed by atoms with Crippen molar-refractivity contribution in [3.05, 3.63) is 48.0 Å². The lowest BCUT2D eigenvalue weighted by molar-refractivity contribution is -0.137. The summed E-state index contributed by atoms with van der Waals surface area (Å²) in [6.07, 6.45) is 9.67. The summed E-state index contributed by atoms with van der Waals surface area (Å²) in [6, 6.07) is 10.0. The second-order valence-corrected chi connectivity index (χ2v) is 7.87. The highest BCUT2D eigenvalue weighted by molar-refractivity contribution is 5.67. The molecule has 3 rings (SSSR count). The lowest BCUT2D eigenvalue weighted by Crippen LogP contribution is -2.34. The molecule has 2 fully saturated rings. The Hall–Kier alpha value is -2.34. The second-order valence-electron chi connectivity index (χ2n) is 7.87. The SMILES string of the molecule is O=C(O)CCC/C=C\C[C@@H]1[C@H](COC(=O)NCCc2ccccc2)[C@@H]2CC[C@H]1O2. The molecule has 1 amide bonds. The number of rotatable bonds is 11. The molecular weight excluding hydrogens is 370 g/mol. The molecule has 1 aromatic carbocycles. The number of unbranched alkanes of at least 4 members (excludes halogenated alkanes) is 1. The Labute approximate surface area is 172 Å². The number of carbonyl (C=O) groups excluding carboxylic acids is 1. The van der Waals surface area contributed by atoms with Gasteiger partial charge in [-0.25, -0.2) is 4.79 Å². The molecule has 29 heavy (non-hydrogen) atoms. The van der Waals surface area contributed by atoms with Crippen molar-refractivity contribution in [3.63, 3.8) is 0 Å². The van der Waals surface area contributed by atoms with Crippen molar-refractivity contribution >= 4 is 12.1 Å². The highest BCUT2D eigenvalue weighted by Gasteiger charge is 2.48. The maximum atomic E-state index is 12.1. The molecule has 158 valence electrons. The Morgan fingerprint density at radius 3 is 2.66 bits per heavy atom. The van der Waals surface area contributed by atoms with E-state index in [9.17, 15) is 9.59 Å². The number of carboxylic acid groups (broad SMARTS) is 1. The van der Waals surface area contributed by atoms with E-state index in [-0.39, 0.29) is 30.6 Å². The third-order valence-electron chi connectivity index (χ3n) is 5.86. The largest absolute Gasteiger partial charge is 0.481 e. The predicted octanol–water partition coefficient (Wildman–Crippen LogP) is 3.95. The monoisotopic (exact) mass is 401 g/mol. The molecule has 0 spiro atoms. The Morgan fingerprint density at radius 2 is 1.90 bits per heavy atom. The number of ether oxygens (including phenoxy) is 2. The molecule has 0 unspecified atom stereocenters. The zero-order valence-electron chi connectivity index (χ0n) is 16.8. The zero-order chi connectivity index (χ0) is 20.5. The lowest BCUT2D eigenvalue weighted by Gasteiger charge is -2.26. The molecule has 0 saturated carbocycles. The standard InChI is InChI=1S/C23H31NO5/c25-22(26)11-7-2-1-6-10-18-19(21-13-12-20(18)29-21)16-28-23(27)24-15-14-17-8-4-3-5-9-17/h1,3-6,8-9,18-21H,2,7,10-16H2,(H,24,27)(H,25,26)/b6-1-/t18-,19+,20-,21+/m1/s1. The quantitative estimate of drug-likeness (QED) is 0.433. The molecule has 2 N–H and O–H groups in total. The van der Waals surface area contributed by atoms with Crippen molar-refractivity contribution in [2.45, 2.75) is 57.2 Å². The zero-order valence-corrected chi connectivity index (χ0v) is 16.8. The number of carboxylic acids is 1. The lowest BCUT2D eigenvalue weighted by atomic mass is 9.78. The third kappa shape index (κ3) is 6.60. The number of hydrogen-bond donors (Lipinski definition) is 2. The summed E-state index contributed by atoms with van der Waals surface area (Å²) in [7, 11) is 0. The normalized spacial score (nSPS) is 25.4. The van der Waals surface area contributed by atoms with Crippen molar-refractivity contribution in [3.8, 4) is 0 Å². The number of alkyl carbamates (subject to hydrolysis) is 1. The molecule has 2 aliphatic heterocycles. The summed E-state index contributed by atoms with van der Waals surface area (Å²) in [5.41, 5.74) is 1.18. The van der Waals surface area contributed by atoms with Crippen molar-refractivity contribution in [2.75, 3.05) is 13.2 Å². The van der Waals surface area contributed by atoms with E-state index in [0.717, 1.165) is 32.1 Å². The van der Waals surface area contributed by atoms with E-state index in [4.69, 9.17) is 14.6 Å². The van der Waals surface area contributed by atoms with Crippen LogP contribution in [0.4, 0.5) is 4.79 Å². The van der Waals surface area contributed by atoms with Crippen LogP contribution in [-0.4, -0.2) is 42.5 Å². The number of benzene rings is 1. The molecule has 0 radical (unpaired) electrons. The van der Waals surface area contributed by atoms with Gasteiger partial charge in [-0.1, -0.05) is 42.5 Å². The number of allylic oxidation sites excluding steroid dienone is 2. The average molecular weight is 402 g/mol. The number of amides is 1. The van der Waals surface area contributed by atoms with Gasteiger partial charge in [0.1, 0.15) is 0 Å². The van der Waals surface area contributed by atoms with E-state index >= 15 is 0 Å². The highest BCUT2D eigenvalue weighted by Crippen LogP contribution is 2.45. The molecule has 4 atom stereocenters. The predicted molar refractivity (Wildman–Crippen MR) is 110 cm³/mol. The van der Waals surface area contributed by atoms with Gasteiger partial charge in [0.15, 0.2) is 0 Å². The average Bonchev–Trinajstić information content (AvgIpc) is 3.31. The summed E-state index contributed by atoms with van der Waals surface area (Å²) >= 11 is 0. The van der Waals surface area contributed by atoms with Gasteiger partial charge in [0.05, 0.1) is 18.8 Å². The van der Waals surface area contributed by atoms with Crippen LogP contribution in [0.1, 0.15) is 44.1 Å². The van der Waals surface area contributed by atoms with Crippen LogP contribution in [0.3, 0.4) is 0 Å². The van der Waals surface area contributed by atoms with Gasteiger partial charge in [-0.05, 0) is 50.0 Å². The fourth-order valence-corrected chi connectivity index (χ4v) is 4.35. The van der Waals surface area contributed by atoms with Crippen molar-refractivity contribution < 1.29 is 24.2 Å². The first-order valence-corrected chi connectivity index (χ1v) is 10.6. The van der Waals surface area contributed by atoms with Crippen LogP contribution in [0.15, 0.2) is 42.5 Å². The topological polar surface area (TPSA) is 84.9 Å². The van der Waals surface area contributed by atoms with Crippen molar-refractivity contribution in [2.24, 2.45) is 11.8 Å². The maximum absolute atomic E-state index is 12.1. The molecule has 0 aromatic heterocycles. The summed E-state index contributed by atoms with van der Waals surface area (Å²) in [5.74, 6) is -0.155. The van der Waals surface area contributed by atoms with E-state index in [2.05, 4.69) is 17.5 Å². The molecule has 2 heterocycles. The van der Waals surface area contributed by atoms with Gasteiger partial charge in [-0.15, -0.1) is 0 Å². The van der Waals surface area contributed by atoms with Gasteiger partial charge in [-0.3, -0.25) is 4.79 Å². The van der Waals surface area contributed by atoms with Crippen LogP contribution in [0.2, 0.25) is 0 Å². The molecule has 1 aromatic rings. The van der Waals surface area contributed by atoms with Gasteiger partial charge in [0.25, 0.3) is 0 Å². The summed E-state index contributed by atoms with van der Waals surface area (Å²) in [6.45, 7) is 0.939. The first-order valence-electron chi connectivity index (χ1n) is 10.6. The number of aliphatic carboxylic acids is 1. The molecule has 2 aliphatic rings. The van der Waals surface area contributed by atoms with E-state index in [1.54, 1.807) is 0 Å². The first kappa shape index (κ1) is 21.4. The van der Waals surface area contributed by atoms with Crippen LogP contribution < -0.4 is 5.32 Å². The van der Waals surface area contributed by atoms with Gasteiger partial charge in [0.2, 0.25) is 0 Å². The fraction of sp³-hybridized carbons (Fsp3) is 0.565. The smallest absolute Gasteiger partial charge is 0.407 e. The Bertz CT molecular complexity index is 690. The van der Waals surface area contributed by atoms with Crippen LogP contribution in [-0.2, 0) is 20.7 Å². The number of carbonyl (C=O) groups is 2. The van der Waals surface area contributed by atoms with E-state index in [1.807, 2.05) is 30.3 Å². The molecule has 2 saturated heterocycles. The minimum Gasteiger partial charge on any atom is -0.481 e. The van der Waals surface area contributed by atoms with Gasteiger partial charge >= 0.3 is 12.1 Å². The van der Waals surface area contributed by atoms with Gasteiger partial charge in [-0.2, -0.15) is 0 Å². The van der Waals surface area contributed by atoms with E-state index in [0.29, 0.717) is 25.5 Å². The fourth-order valence-electron chi connectivity index (χ4n) is 4.35. The summed E-state index contributed by atoms with van der Waals surface area (Å²) < 4.78 is 11.6. The molecule has 6 nitrogen and oxygen atoms in total. The van der Waals surface area contributed by atoms with Crippen LogP contribution in [0.25, 0.3) is 0 Å². The van der Waals surface area contributed by atoms with Crippen molar-refractivity contribution in [1.29, 1.82) is 0 Å². The Morgan fingerprint density at radius 1 is 1.14 bits per heavy atom. The summed E-state index contributed by atoms with van der Waals surface area (Å²) in [5, 5.41) is 11.5. The number of hydrogen-bond acceptors (Lipinski definition) is 4. The van der Waals surface area contributed by atoms with E-state index < -0.39 is 5.97 Å². The molecule has 6 heteroatoms. The summed E-state index contributed by atoms with van der Waals surface area (Å²) in [4.78, 5) is 22.6. The minimum atomic E-state index is -0.751. The highest BCUT2D eigenvalue weighted by atomic mass is 16.6. The Balaban J connectivity index is 1.37. The first-order chi connectivity index (χ1) is 14.1. The molecule has 0 aliphatic carbocycles. The third-order valence-corrected chi connectivity index (χ3v) is 5.86. The minimum absolute atomic E-state index is 0.183. The number of fused-ring (bicyclic) bond motifs is 2.